The van der Waals surface area contributed by atoms with E-state index < -0.39 is 0 Å². The first kappa shape index (κ1) is 21.6. The molecule has 0 spiro atoms. The van der Waals surface area contributed by atoms with E-state index in [0.717, 1.165) is 34.0 Å². The number of nitrogens with zero attached hydrogens (tertiary/aromatic N) is 3. The Balaban J connectivity index is 1.50. The summed E-state index contributed by atoms with van der Waals surface area (Å²) in [4.78, 5) is 17.4. The molecule has 164 valence electrons. The monoisotopic (exact) mass is 448 g/mol. The largest absolute Gasteiger partial charge is 0.497 e. The van der Waals surface area contributed by atoms with Gasteiger partial charge in [-0.15, -0.1) is 11.3 Å². The van der Waals surface area contributed by atoms with Crippen molar-refractivity contribution >= 4 is 23.1 Å². The third-order valence-electron chi connectivity index (χ3n) is 4.74. The fraction of sp³-hybridized carbons (Fsp3) is 0.208. The van der Waals surface area contributed by atoms with Crippen molar-refractivity contribution < 1.29 is 14.3 Å². The summed E-state index contributed by atoms with van der Waals surface area (Å²) < 4.78 is 12.4. The van der Waals surface area contributed by atoms with Crippen LogP contribution >= 0.6 is 11.3 Å². The number of hydrogen-bond donors (Lipinski definition) is 1. The molecule has 0 fully saturated rings. The highest BCUT2D eigenvalue weighted by Crippen LogP contribution is 2.28. The molecular formula is C24H24N4O3S. The Morgan fingerprint density at radius 2 is 1.94 bits per heavy atom. The molecule has 32 heavy (non-hydrogen) atoms. The highest BCUT2D eigenvalue weighted by molar-refractivity contribution is 7.12. The van der Waals surface area contributed by atoms with Gasteiger partial charge in [-0.2, -0.15) is 9.78 Å². The smallest absolute Gasteiger partial charge is 0.229 e. The molecule has 4 rings (SSSR count). The van der Waals surface area contributed by atoms with Crippen LogP contribution in [0.3, 0.4) is 0 Å². The van der Waals surface area contributed by atoms with Gasteiger partial charge in [0.25, 0.3) is 0 Å². The molecule has 0 radical (unpaired) electrons. The molecule has 0 saturated carbocycles. The maximum Gasteiger partial charge on any atom is 0.229 e. The van der Waals surface area contributed by atoms with Gasteiger partial charge in [0.05, 0.1) is 31.5 Å². The van der Waals surface area contributed by atoms with E-state index in [4.69, 9.17) is 14.5 Å². The number of carbonyl (C=O) groups excluding carboxylic acids is 1. The number of nitrogens with one attached hydrogen (secondary N) is 1. The van der Waals surface area contributed by atoms with Gasteiger partial charge in [0.2, 0.25) is 11.0 Å². The number of rotatable bonds is 8. The molecule has 2 aromatic carbocycles. The molecule has 0 aliphatic carbocycles. The lowest BCUT2D eigenvalue weighted by Gasteiger charge is -2.08. The van der Waals surface area contributed by atoms with Crippen LogP contribution in [0.5, 0.6) is 11.5 Å². The average Bonchev–Trinajstić information content (AvgIpc) is 3.42. The molecule has 1 N–H and O–H groups in total. The quantitative estimate of drug-likeness (QED) is 0.415. The minimum atomic E-state index is -0.125. The fourth-order valence-electron chi connectivity index (χ4n) is 3.25. The van der Waals surface area contributed by atoms with Crippen molar-refractivity contribution in [1.82, 2.24) is 14.8 Å². The first-order valence-electron chi connectivity index (χ1n) is 10.2. The van der Waals surface area contributed by atoms with Gasteiger partial charge in [-0.3, -0.25) is 4.79 Å². The van der Waals surface area contributed by atoms with Crippen LogP contribution in [0.25, 0.3) is 16.4 Å². The van der Waals surface area contributed by atoms with Crippen LogP contribution < -0.4 is 14.8 Å². The van der Waals surface area contributed by atoms with Gasteiger partial charge in [-0.1, -0.05) is 24.3 Å². The normalized spacial score (nSPS) is 10.7. The molecule has 0 aliphatic heterocycles. The van der Waals surface area contributed by atoms with E-state index in [9.17, 15) is 4.79 Å². The van der Waals surface area contributed by atoms with Crippen molar-refractivity contribution in [3.05, 3.63) is 71.2 Å². The second-order valence-electron chi connectivity index (χ2n) is 7.13. The van der Waals surface area contributed by atoms with Crippen LogP contribution in [-0.2, 0) is 11.2 Å². The van der Waals surface area contributed by atoms with Crippen LogP contribution in [0, 0.1) is 6.92 Å². The summed E-state index contributed by atoms with van der Waals surface area (Å²) in [7, 11) is 1.64. The van der Waals surface area contributed by atoms with Crippen molar-refractivity contribution in [2.45, 2.75) is 20.3 Å². The molecule has 0 unspecified atom stereocenters. The maximum atomic E-state index is 12.7. The van der Waals surface area contributed by atoms with E-state index >= 15 is 0 Å². The number of aromatic nitrogens is 3. The minimum Gasteiger partial charge on any atom is -0.497 e. The number of ether oxygens (including phenoxy) is 2. The summed E-state index contributed by atoms with van der Waals surface area (Å²) >= 11 is 1.46. The molecule has 0 bridgehead atoms. The van der Waals surface area contributed by atoms with Gasteiger partial charge in [0.1, 0.15) is 17.3 Å². The molecule has 4 aromatic rings. The third kappa shape index (κ3) is 4.97. The number of methoxy groups -OCH3 is 1. The zero-order valence-corrected chi connectivity index (χ0v) is 19.0. The minimum absolute atomic E-state index is 0.125. The van der Waals surface area contributed by atoms with Gasteiger partial charge in [-0.25, -0.2) is 4.98 Å². The lowest BCUT2D eigenvalue weighted by Crippen LogP contribution is -2.17. The fourth-order valence-corrected chi connectivity index (χ4v) is 4.05. The van der Waals surface area contributed by atoms with E-state index in [1.807, 2.05) is 73.8 Å². The molecule has 2 aromatic heterocycles. The molecule has 7 nitrogen and oxygen atoms in total. The van der Waals surface area contributed by atoms with Crippen molar-refractivity contribution in [3.63, 3.8) is 0 Å². The third-order valence-corrected chi connectivity index (χ3v) is 5.55. The predicted molar refractivity (Wildman–Crippen MR) is 126 cm³/mol. The van der Waals surface area contributed by atoms with E-state index in [0.29, 0.717) is 17.6 Å². The molecule has 0 atom stereocenters. The molecule has 0 saturated heterocycles. The summed E-state index contributed by atoms with van der Waals surface area (Å²) in [6.45, 7) is 4.43. The molecular weight excluding hydrogens is 424 g/mol. The Hall–Kier alpha value is -3.65. The van der Waals surface area contributed by atoms with Gasteiger partial charge >= 0.3 is 0 Å². The standard InChI is InChI=1S/C24H24N4O3S/c1-4-31-19-10-8-17(9-11-19)13-23(29)26-22-12-16(2)27-28(22)24-25-21(15-32-24)18-6-5-7-20(14-18)30-3/h5-12,14-15H,4,13H2,1-3H3,(H,26,29). The number of amides is 1. The summed E-state index contributed by atoms with van der Waals surface area (Å²) in [5.74, 6) is 2.03. The Bertz CT molecular complexity index is 1210. The highest BCUT2D eigenvalue weighted by atomic mass is 32.1. The van der Waals surface area contributed by atoms with E-state index in [1.165, 1.54) is 11.3 Å². The van der Waals surface area contributed by atoms with E-state index in [-0.39, 0.29) is 12.3 Å². The summed E-state index contributed by atoms with van der Waals surface area (Å²) in [6, 6.07) is 17.1. The lowest BCUT2D eigenvalue weighted by atomic mass is 10.1. The number of carbonyl (C=O) groups is 1. The summed E-state index contributed by atoms with van der Waals surface area (Å²) in [6.07, 6.45) is 0.254. The zero-order valence-electron chi connectivity index (χ0n) is 18.2. The Labute approximate surface area is 190 Å². The van der Waals surface area contributed by atoms with Crippen LogP contribution in [-0.4, -0.2) is 34.4 Å². The van der Waals surface area contributed by atoms with Gasteiger partial charge in [0.15, 0.2) is 0 Å². The lowest BCUT2D eigenvalue weighted by molar-refractivity contribution is -0.115. The van der Waals surface area contributed by atoms with E-state index in [1.54, 1.807) is 11.8 Å². The van der Waals surface area contributed by atoms with Crippen molar-refractivity contribution in [3.8, 4) is 27.9 Å². The summed E-state index contributed by atoms with van der Waals surface area (Å²) in [5, 5.41) is 10.1. The first-order valence-corrected chi connectivity index (χ1v) is 11.1. The SMILES string of the molecule is CCOc1ccc(CC(=O)Nc2cc(C)nn2-c2nc(-c3cccc(OC)c3)cs2)cc1. The summed E-state index contributed by atoms with van der Waals surface area (Å²) in [5.41, 5.74) is 3.48. The number of anilines is 1. The molecule has 0 aliphatic rings. The Morgan fingerprint density at radius 3 is 2.69 bits per heavy atom. The topological polar surface area (TPSA) is 78.3 Å². The van der Waals surface area contributed by atoms with Gasteiger partial charge < -0.3 is 14.8 Å². The van der Waals surface area contributed by atoms with E-state index in [2.05, 4.69) is 10.4 Å². The van der Waals surface area contributed by atoms with Gasteiger partial charge in [0, 0.05) is 17.0 Å². The zero-order chi connectivity index (χ0) is 22.5. The van der Waals surface area contributed by atoms with Crippen LogP contribution in [0.15, 0.2) is 60.0 Å². The van der Waals surface area contributed by atoms with Crippen LogP contribution in [0.1, 0.15) is 18.2 Å². The first-order chi connectivity index (χ1) is 15.6. The molecule has 8 heteroatoms. The number of thiazole rings is 1. The number of aryl methyl sites for hydroxylation is 1. The Kier molecular flexibility index (Phi) is 6.51. The maximum absolute atomic E-state index is 12.7. The second-order valence-corrected chi connectivity index (χ2v) is 7.97. The number of hydrogen-bond acceptors (Lipinski definition) is 6. The highest BCUT2D eigenvalue weighted by Gasteiger charge is 2.15. The van der Waals surface area contributed by atoms with Crippen LogP contribution in [0.4, 0.5) is 5.82 Å². The Morgan fingerprint density at radius 1 is 1.12 bits per heavy atom. The van der Waals surface area contributed by atoms with Gasteiger partial charge in [-0.05, 0) is 43.7 Å². The molecule has 2 heterocycles. The average molecular weight is 449 g/mol. The number of benzene rings is 2. The van der Waals surface area contributed by atoms with Crippen molar-refractivity contribution in [2.75, 3.05) is 19.0 Å². The van der Waals surface area contributed by atoms with Crippen LogP contribution in [0.2, 0.25) is 0 Å². The second kappa shape index (κ2) is 9.65. The molecule has 1 amide bonds. The predicted octanol–water partition coefficient (Wildman–Crippen LogP) is 4.89. The van der Waals surface area contributed by atoms with Crippen molar-refractivity contribution in [2.24, 2.45) is 0 Å². The van der Waals surface area contributed by atoms with Crippen molar-refractivity contribution in [1.29, 1.82) is 0 Å².